The van der Waals surface area contributed by atoms with Gasteiger partial charge in [0.2, 0.25) is 0 Å². The van der Waals surface area contributed by atoms with Gasteiger partial charge in [-0.15, -0.1) is 0 Å². The van der Waals surface area contributed by atoms with Crippen LogP contribution in [0, 0.1) is 12.8 Å². The number of aryl methyl sites for hydroxylation is 1. The summed E-state index contributed by atoms with van der Waals surface area (Å²) in [5, 5.41) is 1.11. The first kappa shape index (κ1) is 20.3. The zero-order chi connectivity index (χ0) is 21.2. The Bertz CT molecular complexity index is 1080. The van der Waals surface area contributed by atoms with Crippen LogP contribution in [0.3, 0.4) is 0 Å². The molecule has 31 heavy (non-hydrogen) atoms. The fraction of sp³-hybridized carbons (Fsp3) is 0.462. The largest absolute Gasteiger partial charge is 0.354 e. The number of hydrogen-bond acceptors (Lipinski definition) is 4. The first-order valence-electron chi connectivity index (χ1n) is 11.7. The highest BCUT2D eigenvalue weighted by Gasteiger charge is 2.32. The Balaban J connectivity index is 1.43. The molecule has 1 saturated carbocycles. The van der Waals surface area contributed by atoms with Gasteiger partial charge in [0, 0.05) is 49.5 Å². The maximum atomic E-state index is 12.2. The minimum absolute atomic E-state index is 0.0165. The predicted molar refractivity (Wildman–Crippen MR) is 127 cm³/mol. The fourth-order valence-electron chi connectivity index (χ4n) is 5.51. The zero-order valence-electron chi connectivity index (χ0n) is 18.4. The molecule has 0 radical (unpaired) electrons. The number of rotatable bonds is 4. The summed E-state index contributed by atoms with van der Waals surface area (Å²) in [6, 6.07) is 15.3. The number of piperazine rings is 1. The van der Waals surface area contributed by atoms with Crippen molar-refractivity contribution in [3.8, 4) is 0 Å². The van der Waals surface area contributed by atoms with Gasteiger partial charge in [-0.2, -0.15) is 0 Å². The molecule has 5 heteroatoms. The molecule has 0 spiro atoms. The van der Waals surface area contributed by atoms with Gasteiger partial charge in [-0.1, -0.05) is 37.5 Å². The molecule has 1 aliphatic heterocycles. The Hall–Kier alpha value is -2.66. The Kier molecular flexibility index (Phi) is 5.77. The lowest BCUT2D eigenvalue weighted by Crippen LogP contribution is -2.49. The van der Waals surface area contributed by atoms with Crippen molar-refractivity contribution in [2.24, 2.45) is 5.92 Å². The Morgan fingerprint density at radius 2 is 1.81 bits per heavy atom. The highest BCUT2D eigenvalue weighted by atomic mass is 16.1. The number of benzene rings is 1. The van der Waals surface area contributed by atoms with E-state index >= 15 is 0 Å². The van der Waals surface area contributed by atoms with E-state index in [4.69, 9.17) is 0 Å². The molecule has 2 fully saturated rings. The van der Waals surface area contributed by atoms with Crippen LogP contribution in [-0.4, -0.2) is 41.0 Å². The molecule has 0 bridgehead atoms. The van der Waals surface area contributed by atoms with E-state index in [9.17, 15) is 4.79 Å². The van der Waals surface area contributed by atoms with Crippen LogP contribution in [0.1, 0.15) is 49.3 Å². The summed E-state index contributed by atoms with van der Waals surface area (Å²) in [7, 11) is 0. The SMILES string of the molecule is Cc1cc2ccc(C(C3CCCCC3)N3CCN(c4ccccn4)CC3)cc2[nH]c1=O. The molecule has 5 rings (SSSR count). The van der Waals surface area contributed by atoms with Crippen LogP contribution in [-0.2, 0) is 0 Å². The molecule has 162 valence electrons. The molecule has 0 amide bonds. The number of anilines is 1. The molecule has 3 aromatic rings. The van der Waals surface area contributed by atoms with Crippen LogP contribution in [0.15, 0.2) is 53.5 Å². The summed E-state index contributed by atoms with van der Waals surface area (Å²) in [4.78, 5) is 24.9. The number of H-pyrrole nitrogens is 1. The van der Waals surface area contributed by atoms with E-state index < -0.39 is 0 Å². The zero-order valence-corrected chi connectivity index (χ0v) is 18.4. The normalized spacial score (nSPS) is 19.6. The van der Waals surface area contributed by atoms with Crippen molar-refractivity contribution in [3.05, 3.63) is 70.1 Å². The second-order valence-electron chi connectivity index (χ2n) is 9.18. The van der Waals surface area contributed by atoms with E-state index in [1.54, 1.807) is 0 Å². The van der Waals surface area contributed by atoms with Gasteiger partial charge >= 0.3 is 0 Å². The lowest BCUT2D eigenvalue weighted by Gasteiger charge is -2.44. The highest BCUT2D eigenvalue weighted by molar-refractivity contribution is 5.79. The number of hydrogen-bond donors (Lipinski definition) is 1. The Morgan fingerprint density at radius 3 is 2.55 bits per heavy atom. The lowest BCUT2D eigenvalue weighted by atomic mass is 9.80. The molecule has 5 nitrogen and oxygen atoms in total. The third-order valence-corrected chi connectivity index (χ3v) is 7.17. The number of fused-ring (bicyclic) bond motifs is 1. The smallest absolute Gasteiger partial charge is 0.251 e. The first-order valence-corrected chi connectivity index (χ1v) is 11.7. The Morgan fingerprint density at radius 1 is 1.00 bits per heavy atom. The van der Waals surface area contributed by atoms with E-state index in [0.29, 0.717) is 12.0 Å². The van der Waals surface area contributed by atoms with Gasteiger partial charge in [0.05, 0.1) is 0 Å². The van der Waals surface area contributed by atoms with E-state index in [2.05, 4.69) is 50.1 Å². The fourth-order valence-corrected chi connectivity index (χ4v) is 5.51. The van der Waals surface area contributed by atoms with Crippen LogP contribution in [0.4, 0.5) is 5.82 Å². The van der Waals surface area contributed by atoms with Crippen LogP contribution < -0.4 is 10.5 Å². The summed E-state index contributed by atoms with van der Waals surface area (Å²) in [6.07, 6.45) is 8.50. The average Bonchev–Trinajstić information content (AvgIpc) is 2.82. The monoisotopic (exact) mass is 416 g/mol. The van der Waals surface area contributed by atoms with Gasteiger partial charge in [0.15, 0.2) is 0 Å². The number of nitrogens with one attached hydrogen (secondary N) is 1. The molecule has 1 aromatic carbocycles. The van der Waals surface area contributed by atoms with Gasteiger partial charge in [-0.25, -0.2) is 4.98 Å². The minimum Gasteiger partial charge on any atom is -0.354 e. The van der Waals surface area contributed by atoms with Crippen LogP contribution in [0.2, 0.25) is 0 Å². The van der Waals surface area contributed by atoms with Gasteiger partial charge < -0.3 is 9.88 Å². The Labute approximate surface area is 184 Å². The third-order valence-electron chi connectivity index (χ3n) is 7.17. The summed E-state index contributed by atoms with van der Waals surface area (Å²) < 4.78 is 0. The second-order valence-corrected chi connectivity index (χ2v) is 9.18. The number of nitrogens with zero attached hydrogens (tertiary/aromatic N) is 3. The molecule has 2 aliphatic rings. The second kappa shape index (κ2) is 8.83. The molecule has 2 aromatic heterocycles. The molecule has 3 heterocycles. The topological polar surface area (TPSA) is 52.2 Å². The van der Waals surface area contributed by atoms with Crippen molar-refractivity contribution in [2.45, 2.75) is 45.1 Å². The van der Waals surface area contributed by atoms with Crippen molar-refractivity contribution in [3.63, 3.8) is 0 Å². The van der Waals surface area contributed by atoms with Gasteiger partial charge in [0.1, 0.15) is 5.82 Å². The molecular formula is C26H32N4O. The maximum Gasteiger partial charge on any atom is 0.251 e. The highest BCUT2D eigenvalue weighted by Crippen LogP contribution is 2.39. The molecule has 1 saturated heterocycles. The molecule has 1 atom stereocenters. The molecule has 1 aliphatic carbocycles. The van der Waals surface area contributed by atoms with Crippen molar-refractivity contribution < 1.29 is 0 Å². The number of aromatic amines is 1. The first-order chi connectivity index (χ1) is 15.2. The predicted octanol–water partition coefficient (Wildman–Crippen LogP) is 4.68. The summed E-state index contributed by atoms with van der Waals surface area (Å²) in [5.74, 6) is 1.76. The van der Waals surface area contributed by atoms with Gasteiger partial charge in [-0.3, -0.25) is 9.69 Å². The van der Waals surface area contributed by atoms with Crippen LogP contribution in [0.5, 0.6) is 0 Å². The van der Waals surface area contributed by atoms with Crippen LogP contribution in [0.25, 0.3) is 10.9 Å². The van der Waals surface area contributed by atoms with E-state index in [-0.39, 0.29) is 5.56 Å². The summed E-state index contributed by atoms with van der Waals surface area (Å²) in [6.45, 7) is 5.96. The molecule has 1 unspecified atom stereocenters. The van der Waals surface area contributed by atoms with Crippen LogP contribution >= 0.6 is 0 Å². The van der Waals surface area contributed by atoms with Gasteiger partial charge in [-0.05, 0) is 60.9 Å². The third kappa shape index (κ3) is 4.24. The van der Waals surface area contributed by atoms with E-state index in [1.807, 2.05) is 25.3 Å². The standard InChI is InChI=1S/C26H32N4O/c1-19-17-21-10-11-22(18-23(21)28-26(19)31)25(20-7-3-2-4-8-20)30-15-13-29(14-16-30)24-9-5-6-12-27-24/h5-6,9-12,17-18,20,25H,2-4,7-8,13-16H2,1H3,(H,28,31). The average molecular weight is 417 g/mol. The quantitative estimate of drug-likeness (QED) is 0.671. The van der Waals surface area contributed by atoms with E-state index in [0.717, 1.165) is 48.5 Å². The molecular weight excluding hydrogens is 384 g/mol. The van der Waals surface area contributed by atoms with Crippen molar-refractivity contribution in [2.75, 3.05) is 31.1 Å². The molecule has 1 N–H and O–H groups in total. The number of pyridine rings is 2. The summed E-state index contributed by atoms with van der Waals surface area (Å²) >= 11 is 0. The summed E-state index contributed by atoms with van der Waals surface area (Å²) in [5.41, 5.74) is 3.10. The van der Waals surface area contributed by atoms with E-state index in [1.165, 1.54) is 37.7 Å². The lowest BCUT2D eigenvalue weighted by molar-refractivity contribution is 0.110. The van der Waals surface area contributed by atoms with Crippen molar-refractivity contribution in [1.29, 1.82) is 0 Å². The maximum absolute atomic E-state index is 12.2. The van der Waals surface area contributed by atoms with Crippen molar-refractivity contribution in [1.82, 2.24) is 14.9 Å². The number of aromatic nitrogens is 2. The van der Waals surface area contributed by atoms with Gasteiger partial charge in [0.25, 0.3) is 5.56 Å². The van der Waals surface area contributed by atoms with Crippen molar-refractivity contribution >= 4 is 16.7 Å². The minimum atomic E-state index is 0.0165.